The van der Waals surface area contributed by atoms with Gasteiger partial charge in [-0.15, -0.1) is 10.2 Å². The lowest BCUT2D eigenvalue weighted by molar-refractivity contribution is 0.469. The number of nitrogens with zero attached hydrogens (tertiary/aromatic N) is 5. The SMILES string of the molecule is Cc1cc(C)c(-n2cc3c(=O)[nH]c(-c4cccnn4)nc3n2)c(O)c1. The van der Waals surface area contributed by atoms with Crippen LogP contribution in [-0.2, 0) is 0 Å². The van der Waals surface area contributed by atoms with Gasteiger partial charge in [0.15, 0.2) is 11.5 Å². The Morgan fingerprint density at radius 2 is 2.08 bits per heavy atom. The minimum Gasteiger partial charge on any atom is -0.506 e. The van der Waals surface area contributed by atoms with Crippen molar-refractivity contribution in [2.45, 2.75) is 13.8 Å². The number of hydrogen-bond donors (Lipinski definition) is 2. The smallest absolute Gasteiger partial charge is 0.262 e. The number of aromatic nitrogens is 6. The van der Waals surface area contributed by atoms with Gasteiger partial charge >= 0.3 is 0 Å². The molecule has 0 fully saturated rings. The van der Waals surface area contributed by atoms with E-state index in [1.165, 1.54) is 10.9 Å². The van der Waals surface area contributed by atoms with Gasteiger partial charge in [0.05, 0.1) is 0 Å². The summed E-state index contributed by atoms with van der Waals surface area (Å²) in [4.78, 5) is 19.4. The van der Waals surface area contributed by atoms with Crippen molar-refractivity contribution in [2.24, 2.45) is 0 Å². The standard InChI is InChI=1S/C17H14N6O2/c1-9-6-10(2)14(13(24)7-9)23-8-11-15(22-23)19-16(20-17(11)25)12-4-3-5-18-21-12/h3-8,24H,1-2H3,(H,19,20,22,25). The third kappa shape index (κ3) is 2.53. The van der Waals surface area contributed by atoms with Gasteiger partial charge in [0.25, 0.3) is 5.56 Å². The summed E-state index contributed by atoms with van der Waals surface area (Å²) in [6.45, 7) is 3.77. The molecule has 0 saturated carbocycles. The molecule has 0 amide bonds. The Balaban J connectivity index is 1.92. The zero-order valence-corrected chi connectivity index (χ0v) is 13.6. The van der Waals surface area contributed by atoms with Crippen LogP contribution in [0, 0.1) is 13.8 Å². The molecule has 8 nitrogen and oxygen atoms in total. The molecule has 0 aliphatic rings. The molecule has 0 radical (unpaired) electrons. The van der Waals surface area contributed by atoms with Crippen molar-refractivity contribution < 1.29 is 5.11 Å². The molecule has 3 aromatic heterocycles. The summed E-state index contributed by atoms with van der Waals surface area (Å²) in [6.07, 6.45) is 3.09. The van der Waals surface area contributed by atoms with Crippen LogP contribution in [0.1, 0.15) is 11.1 Å². The second kappa shape index (κ2) is 5.52. The Morgan fingerprint density at radius 1 is 1.24 bits per heavy atom. The van der Waals surface area contributed by atoms with Crippen molar-refractivity contribution >= 4 is 11.0 Å². The highest BCUT2D eigenvalue weighted by Crippen LogP contribution is 2.27. The summed E-state index contributed by atoms with van der Waals surface area (Å²) in [5, 5.41) is 22.7. The number of benzene rings is 1. The first-order chi connectivity index (χ1) is 12.0. The van der Waals surface area contributed by atoms with Crippen molar-refractivity contribution in [2.75, 3.05) is 0 Å². The highest BCUT2D eigenvalue weighted by molar-refractivity contribution is 5.75. The van der Waals surface area contributed by atoms with Crippen molar-refractivity contribution in [3.05, 3.63) is 58.1 Å². The van der Waals surface area contributed by atoms with E-state index in [1.807, 2.05) is 19.9 Å². The van der Waals surface area contributed by atoms with Crippen LogP contribution in [0.5, 0.6) is 5.75 Å². The molecule has 1 aromatic carbocycles. The lowest BCUT2D eigenvalue weighted by atomic mass is 10.1. The lowest BCUT2D eigenvalue weighted by Crippen LogP contribution is -2.09. The van der Waals surface area contributed by atoms with E-state index >= 15 is 0 Å². The number of nitrogens with one attached hydrogen (secondary N) is 1. The second-order valence-electron chi connectivity index (χ2n) is 5.78. The summed E-state index contributed by atoms with van der Waals surface area (Å²) in [5.74, 6) is 0.386. The van der Waals surface area contributed by atoms with Crippen molar-refractivity contribution in [3.63, 3.8) is 0 Å². The molecule has 3 heterocycles. The Hall–Kier alpha value is -3.55. The first kappa shape index (κ1) is 15.0. The summed E-state index contributed by atoms with van der Waals surface area (Å²) in [6, 6.07) is 6.99. The van der Waals surface area contributed by atoms with Gasteiger partial charge in [0, 0.05) is 12.4 Å². The second-order valence-corrected chi connectivity index (χ2v) is 5.78. The highest BCUT2D eigenvalue weighted by Gasteiger charge is 2.15. The number of rotatable bonds is 2. The first-order valence-corrected chi connectivity index (χ1v) is 7.61. The molecule has 4 aromatic rings. The van der Waals surface area contributed by atoms with E-state index in [0.717, 1.165) is 11.1 Å². The molecule has 8 heteroatoms. The van der Waals surface area contributed by atoms with E-state index in [0.29, 0.717) is 22.6 Å². The number of hydrogen-bond acceptors (Lipinski definition) is 6. The van der Waals surface area contributed by atoms with E-state index in [4.69, 9.17) is 0 Å². The summed E-state index contributed by atoms with van der Waals surface area (Å²) >= 11 is 0. The third-order valence-corrected chi connectivity index (χ3v) is 3.86. The van der Waals surface area contributed by atoms with E-state index in [9.17, 15) is 9.90 Å². The molecule has 2 N–H and O–H groups in total. The monoisotopic (exact) mass is 334 g/mol. The largest absolute Gasteiger partial charge is 0.506 e. The molecular weight excluding hydrogens is 320 g/mol. The molecule has 0 aliphatic carbocycles. The Kier molecular flexibility index (Phi) is 3.31. The molecule has 0 saturated heterocycles. The first-order valence-electron chi connectivity index (χ1n) is 7.61. The molecule has 0 bridgehead atoms. The van der Waals surface area contributed by atoms with Crippen LogP contribution < -0.4 is 5.56 Å². The lowest BCUT2D eigenvalue weighted by Gasteiger charge is -2.09. The summed E-state index contributed by atoms with van der Waals surface area (Å²) < 4.78 is 1.47. The van der Waals surface area contributed by atoms with Gasteiger partial charge in [0.2, 0.25) is 0 Å². The third-order valence-electron chi connectivity index (χ3n) is 3.86. The van der Waals surface area contributed by atoms with Crippen molar-refractivity contribution in [1.29, 1.82) is 0 Å². The maximum Gasteiger partial charge on any atom is 0.262 e. The van der Waals surface area contributed by atoms with Gasteiger partial charge in [-0.1, -0.05) is 6.07 Å². The molecule has 4 rings (SSSR count). The predicted octanol–water partition coefficient (Wildman–Crippen LogP) is 1.89. The quantitative estimate of drug-likeness (QED) is 0.579. The normalized spacial score (nSPS) is 11.1. The van der Waals surface area contributed by atoms with Crippen LogP contribution in [0.2, 0.25) is 0 Å². The van der Waals surface area contributed by atoms with Gasteiger partial charge in [-0.2, -0.15) is 5.10 Å². The topological polar surface area (TPSA) is 110 Å². The number of H-pyrrole nitrogens is 1. The molecule has 25 heavy (non-hydrogen) atoms. The van der Waals surface area contributed by atoms with Crippen LogP contribution in [0.4, 0.5) is 0 Å². The zero-order chi connectivity index (χ0) is 17.6. The van der Waals surface area contributed by atoms with Crippen LogP contribution in [0.25, 0.3) is 28.2 Å². The highest BCUT2D eigenvalue weighted by atomic mass is 16.3. The summed E-state index contributed by atoms with van der Waals surface area (Å²) in [5.41, 5.74) is 2.69. The number of aryl methyl sites for hydroxylation is 2. The maximum absolute atomic E-state index is 12.4. The predicted molar refractivity (Wildman–Crippen MR) is 91.7 cm³/mol. The van der Waals surface area contributed by atoms with Crippen LogP contribution >= 0.6 is 0 Å². The van der Waals surface area contributed by atoms with Crippen LogP contribution in [0.15, 0.2) is 41.5 Å². The Labute approximate surface area is 141 Å². The minimum absolute atomic E-state index is 0.0934. The van der Waals surface area contributed by atoms with Gasteiger partial charge < -0.3 is 10.1 Å². The van der Waals surface area contributed by atoms with E-state index < -0.39 is 0 Å². The Morgan fingerprint density at radius 3 is 2.80 bits per heavy atom. The van der Waals surface area contributed by atoms with Crippen molar-refractivity contribution in [1.82, 2.24) is 29.9 Å². The van der Waals surface area contributed by atoms with E-state index in [2.05, 4.69) is 25.3 Å². The van der Waals surface area contributed by atoms with E-state index in [-0.39, 0.29) is 17.0 Å². The van der Waals surface area contributed by atoms with Crippen LogP contribution in [0.3, 0.4) is 0 Å². The van der Waals surface area contributed by atoms with Crippen molar-refractivity contribution in [3.8, 4) is 23.0 Å². The number of phenolic OH excluding ortho intramolecular Hbond substituents is 1. The minimum atomic E-state index is -0.332. The fourth-order valence-corrected chi connectivity index (χ4v) is 2.82. The number of phenols is 1. The van der Waals surface area contributed by atoms with Crippen LogP contribution in [-0.4, -0.2) is 35.1 Å². The molecule has 124 valence electrons. The Bertz CT molecular complexity index is 1120. The molecule has 0 aliphatic heterocycles. The van der Waals surface area contributed by atoms with Gasteiger partial charge in [0.1, 0.15) is 22.5 Å². The molecule has 0 unspecified atom stereocenters. The number of aromatic hydroxyl groups is 1. The van der Waals surface area contributed by atoms with E-state index in [1.54, 1.807) is 24.4 Å². The van der Waals surface area contributed by atoms with Gasteiger partial charge in [-0.05, 0) is 43.2 Å². The molecular formula is C17H14N6O2. The molecule has 0 atom stereocenters. The van der Waals surface area contributed by atoms with Gasteiger partial charge in [-0.25, -0.2) is 9.67 Å². The maximum atomic E-state index is 12.4. The zero-order valence-electron chi connectivity index (χ0n) is 13.6. The fourth-order valence-electron chi connectivity index (χ4n) is 2.82. The summed E-state index contributed by atoms with van der Waals surface area (Å²) in [7, 11) is 0. The van der Waals surface area contributed by atoms with Gasteiger partial charge in [-0.3, -0.25) is 4.79 Å². The average molecular weight is 334 g/mol. The number of aromatic amines is 1. The average Bonchev–Trinajstić information content (AvgIpc) is 2.99. The molecule has 0 spiro atoms. The number of fused-ring (bicyclic) bond motifs is 1. The fraction of sp³-hybridized carbons (Fsp3) is 0.118.